The van der Waals surface area contributed by atoms with Crippen molar-refractivity contribution < 1.29 is 9.84 Å². The van der Waals surface area contributed by atoms with Gasteiger partial charge in [0.05, 0.1) is 17.6 Å². The van der Waals surface area contributed by atoms with Crippen molar-refractivity contribution in [3.63, 3.8) is 0 Å². The molecule has 120 valence electrons. The number of hydrogen-bond donors (Lipinski definition) is 1. The molecule has 0 aliphatic rings. The monoisotopic (exact) mass is 310 g/mol. The summed E-state index contributed by atoms with van der Waals surface area (Å²) in [6.45, 7) is 7.02. The molecule has 1 aromatic heterocycles. The van der Waals surface area contributed by atoms with Gasteiger partial charge in [-0.05, 0) is 50.1 Å². The smallest absolute Gasteiger partial charge is 0.138 e. The highest BCUT2D eigenvalue weighted by Gasteiger charge is 2.14. The number of hydrogen-bond acceptors (Lipinski definition) is 3. The highest BCUT2D eigenvalue weighted by Crippen LogP contribution is 2.22. The zero-order chi connectivity index (χ0) is 16.4. The van der Waals surface area contributed by atoms with E-state index in [2.05, 4.69) is 30.1 Å². The van der Waals surface area contributed by atoms with Crippen LogP contribution >= 0.6 is 0 Å². The predicted octanol–water partition coefficient (Wildman–Crippen LogP) is 3.79. The summed E-state index contributed by atoms with van der Waals surface area (Å²) >= 11 is 0. The Bertz CT molecular complexity index is 821. The molecule has 0 saturated carbocycles. The number of aliphatic hydroxyl groups is 1. The Morgan fingerprint density at radius 3 is 2.74 bits per heavy atom. The van der Waals surface area contributed by atoms with Crippen molar-refractivity contribution in [2.24, 2.45) is 0 Å². The molecule has 3 aromatic rings. The lowest BCUT2D eigenvalue weighted by molar-refractivity contribution is 0.181. The van der Waals surface area contributed by atoms with Crippen molar-refractivity contribution in [1.82, 2.24) is 9.55 Å². The van der Waals surface area contributed by atoms with Crippen molar-refractivity contribution in [3.05, 3.63) is 59.4 Å². The third-order valence-corrected chi connectivity index (χ3v) is 3.97. The third-order valence-electron chi connectivity index (χ3n) is 3.97. The summed E-state index contributed by atoms with van der Waals surface area (Å²) in [7, 11) is 0. The Balaban J connectivity index is 1.81. The number of nitrogens with zero attached hydrogens (tertiary/aromatic N) is 2. The molecule has 0 amide bonds. The molecule has 1 N–H and O–H groups in total. The van der Waals surface area contributed by atoms with Gasteiger partial charge < -0.3 is 14.4 Å². The van der Waals surface area contributed by atoms with Gasteiger partial charge in [-0.3, -0.25) is 0 Å². The Morgan fingerprint density at radius 1 is 1.17 bits per heavy atom. The van der Waals surface area contributed by atoms with E-state index >= 15 is 0 Å². The lowest BCUT2D eigenvalue weighted by Crippen LogP contribution is -2.13. The normalized spacial score (nSPS) is 12.5. The Kier molecular flexibility index (Phi) is 4.35. The number of benzene rings is 2. The molecule has 2 aromatic carbocycles. The van der Waals surface area contributed by atoms with Crippen LogP contribution in [0.15, 0.2) is 42.5 Å². The molecule has 4 nitrogen and oxygen atoms in total. The van der Waals surface area contributed by atoms with Crippen LogP contribution in [0.2, 0.25) is 0 Å². The van der Waals surface area contributed by atoms with Gasteiger partial charge in [-0.25, -0.2) is 4.98 Å². The van der Waals surface area contributed by atoms with Crippen molar-refractivity contribution in [3.8, 4) is 5.75 Å². The van der Waals surface area contributed by atoms with Crippen molar-refractivity contribution in [1.29, 1.82) is 0 Å². The number of aromatic nitrogens is 2. The van der Waals surface area contributed by atoms with E-state index in [0.717, 1.165) is 22.3 Å². The second-order valence-electron chi connectivity index (χ2n) is 5.90. The number of rotatable bonds is 5. The minimum absolute atomic E-state index is 0.532. The Labute approximate surface area is 136 Å². The highest BCUT2D eigenvalue weighted by atomic mass is 16.5. The van der Waals surface area contributed by atoms with E-state index < -0.39 is 6.10 Å². The maximum atomic E-state index is 9.98. The number of ether oxygens (including phenoxy) is 1. The first-order valence-corrected chi connectivity index (χ1v) is 7.89. The number of aliphatic hydroxyl groups excluding tert-OH is 1. The summed E-state index contributed by atoms with van der Waals surface area (Å²) in [6, 6.07) is 14.1. The minimum Gasteiger partial charge on any atom is -0.491 e. The van der Waals surface area contributed by atoms with Crippen LogP contribution in [0.25, 0.3) is 11.0 Å². The zero-order valence-electron chi connectivity index (χ0n) is 13.8. The van der Waals surface area contributed by atoms with Crippen LogP contribution in [0, 0.1) is 13.8 Å². The number of para-hydroxylation sites is 2. The van der Waals surface area contributed by atoms with Crippen molar-refractivity contribution in [2.45, 2.75) is 33.4 Å². The summed E-state index contributed by atoms with van der Waals surface area (Å²) in [5.74, 6) is 1.59. The van der Waals surface area contributed by atoms with E-state index in [-0.39, 0.29) is 0 Å². The van der Waals surface area contributed by atoms with Gasteiger partial charge in [0, 0.05) is 0 Å². The van der Waals surface area contributed by atoms with Gasteiger partial charge in [0.15, 0.2) is 0 Å². The second-order valence-corrected chi connectivity index (χ2v) is 5.90. The third kappa shape index (κ3) is 3.22. The molecule has 0 spiro atoms. The molecule has 1 heterocycles. The minimum atomic E-state index is -0.608. The summed E-state index contributed by atoms with van der Waals surface area (Å²) < 4.78 is 7.98. The summed E-state index contributed by atoms with van der Waals surface area (Å²) in [4.78, 5) is 4.53. The first-order chi connectivity index (χ1) is 11.1. The largest absolute Gasteiger partial charge is 0.491 e. The molecule has 1 atom stereocenters. The predicted molar refractivity (Wildman–Crippen MR) is 91.8 cm³/mol. The molecule has 0 saturated heterocycles. The van der Waals surface area contributed by atoms with Crippen LogP contribution in [-0.2, 0) is 6.54 Å². The molecule has 4 heteroatoms. The fourth-order valence-corrected chi connectivity index (χ4v) is 2.76. The van der Waals surface area contributed by atoms with Gasteiger partial charge in [0.2, 0.25) is 0 Å². The van der Waals surface area contributed by atoms with E-state index in [0.29, 0.717) is 19.0 Å². The van der Waals surface area contributed by atoms with Gasteiger partial charge in [0.25, 0.3) is 0 Å². The first kappa shape index (κ1) is 15.6. The maximum absolute atomic E-state index is 9.98. The zero-order valence-corrected chi connectivity index (χ0v) is 13.8. The van der Waals surface area contributed by atoms with Gasteiger partial charge in [-0.1, -0.05) is 24.3 Å². The van der Waals surface area contributed by atoms with Crippen LogP contribution in [-0.4, -0.2) is 21.3 Å². The molecular formula is C19H22N2O2. The van der Waals surface area contributed by atoms with Crippen LogP contribution < -0.4 is 4.74 Å². The molecule has 0 fully saturated rings. The molecule has 3 rings (SSSR count). The molecule has 0 aliphatic heterocycles. The maximum Gasteiger partial charge on any atom is 0.138 e. The molecule has 0 radical (unpaired) electrons. The average Bonchev–Trinajstić information content (AvgIpc) is 2.90. The van der Waals surface area contributed by atoms with Crippen LogP contribution in [0.3, 0.4) is 0 Å². The van der Waals surface area contributed by atoms with Crippen LogP contribution in [0.4, 0.5) is 0 Å². The molecular weight excluding hydrogens is 288 g/mol. The number of imidazole rings is 1. The highest BCUT2D eigenvalue weighted by molar-refractivity contribution is 5.76. The lowest BCUT2D eigenvalue weighted by atomic mass is 10.1. The molecule has 0 aliphatic carbocycles. The van der Waals surface area contributed by atoms with Crippen molar-refractivity contribution >= 4 is 11.0 Å². The first-order valence-electron chi connectivity index (χ1n) is 7.89. The standard InChI is InChI=1S/C19H22N2O2/c1-13-8-9-14(2)18(12-13)23-11-10-21-17-7-5-4-6-16(17)20-19(21)15(3)22/h4-9,12,15,22H,10-11H2,1-3H3. The quantitative estimate of drug-likeness (QED) is 0.780. The van der Waals surface area contributed by atoms with E-state index in [1.807, 2.05) is 35.8 Å². The van der Waals surface area contributed by atoms with Gasteiger partial charge in [-0.15, -0.1) is 0 Å². The second kappa shape index (κ2) is 6.42. The molecule has 23 heavy (non-hydrogen) atoms. The van der Waals surface area contributed by atoms with Crippen LogP contribution in [0.1, 0.15) is 30.0 Å². The van der Waals surface area contributed by atoms with E-state index in [1.165, 1.54) is 5.56 Å². The van der Waals surface area contributed by atoms with Gasteiger partial charge in [-0.2, -0.15) is 0 Å². The fraction of sp³-hybridized carbons (Fsp3) is 0.316. The lowest BCUT2D eigenvalue weighted by Gasteiger charge is -2.13. The SMILES string of the molecule is Cc1ccc(C)c(OCCn2c(C(C)O)nc3ccccc32)c1. The number of aryl methyl sites for hydroxylation is 2. The van der Waals surface area contributed by atoms with Crippen molar-refractivity contribution in [2.75, 3.05) is 6.61 Å². The Hall–Kier alpha value is -2.33. The van der Waals surface area contributed by atoms with E-state index in [1.54, 1.807) is 6.92 Å². The van der Waals surface area contributed by atoms with Crippen LogP contribution in [0.5, 0.6) is 5.75 Å². The summed E-state index contributed by atoms with van der Waals surface area (Å²) in [5.41, 5.74) is 4.23. The number of fused-ring (bicyclic) bond motifs is 1. The molecule has 1 unspecified atom stereocenters. The van der Waals surface area contributed by atoms with E-state index in [4.69, 9.17) is 4.74 Å². The molecule has 0 bridgehead atoms. The average molecular weight is 310 g/mol. The van der Waals surface area contributed by atoms with Gasteiger partial charge in [0.1, 0.15) is 24.3 Å². The van der Waals surface area contributed by atoms with E-state index in [9.17, 15) is 5.11 Å². The Morgan fingerprint density at radius 2 is 1.96 bits per heavy atom. The summed E-state index contributed by atoms with van der Waals surface area (Å²) in [5, 5.41) is 9.98. The van der Waals surface area contributed by atoms with Gasteiger partial charge >= 0.3 is 0 Å². The fourth-order valence-electron chi connectivity index (χ4n) is 2.76. The summed E-state index contributed by atoms with van der Waals surface area (Å²) in [6.07, 6.45) is -0.608. The topological polar surface area (TPSA) is 47.3 Å².